The molecule has 0 radical (unpaired) electrons. The summed E-state index contributed by atoms with van der Waals surface area (Å²) in [4.78, 5) is 8.00. The zero-order valence-corrected chi connectivity index (χ0v) is 12.6. The Bertz CT molecular complexity index is 735. The highest BCUT2D eigenvalue weighted by molar-refractivity contribution is 7.92. The zero-order chi connectivity index (χ0) is 15.5. The number of nitrogens with one attached hydrogen (secondary N) is 1. The third-order valence-corrected chi connectivity index (χ3v) is 4.01. The highest BCUT2D eigenvalue weighted by Crippen LogP contribution is 2.18. The van der Waals surface area contributed by atoms with Gasteiger partial charge in [0, 0.05) is 18.9 Å². The lowest BCUT2D eigenvalue weighted by Crippen LogP contribution is -2.15. The van der Waals surface area contributed by atoms with Gasteiger partial charge in [-0.15, -0.1) is 0 Å². The molecule has 2 aromatic rings. The van der Waals surface area contributed by atoms with Crippen LogP contribution in [0.25, 0.3) is 0 Å². The number of sulfonamides is 1. The lowest BCUT2D eigenvalue weighted by Gasteiger charge is -2.09. The zero-order valence-electron chi connectivity index (χ0n) is 11.1. The van der Waals surface area contributed by atoms with Crippen molar-refractivity contribution in [3.63, 3.8) is 0 Å². The Labute approximate surface area is 127 Å². The van der Waals surface area contributed by atoms with Crippen molar-refractivity contribution >= 4 is 33.1 Å². The molecule has 21 heavy (non-hydrogen) atoms. The summed E-state index contributed by atoms with van der Waals surface area (Å²) in [6.45, 7) is 0.122. The first-order valence-electron chi connectivity index (χ1n) is 5.81. The van der Waals surface area contributed by atoms with E-state index in [1.54, 1.807) is 0 Å². The molecule has 2 rings (SSSR count). The van der Waals surface area contributed by atoms with Crippen molar-refractivity contribution in [3.05, 3.63) is 41.3 Å². The van der Waals surface area contributed by atoms with Crippen molar-refractivity contribution in [2.75, 3.05) is 17.6 Å². The summed E-state index contributed by atoms with van der Waals surface area (Å²) in [7, 11) is -2.30. The average molecular weight is 329 g/mol. The van der Waals surface area contributed by atoms with E-state index in [-0.39, 0.29) is 28.3 Å². The van der Waals surface area contributed by atoms with Gasteiger partial charge >= 0.3 is 0 Å². The maximum absolute atomic E-state index is 12.2. The molecule has 1 heterocycles. The molecule has 0 aliphatic carbocycles. The smallest absolute Gasteiger partial charge is 0.263 e. The van der Waals surface area contributed by atoms with E-state index in [1.165, 1.54) is 37.4 Å². The first-order chi connectivity index (χ1) is 9.90. The second-order valence-electron chi connectivity index (χ2n) is 4.10. The fourth-order valence-corrected chi connectivity index (χ4v) is 2.75. The highest BCUT2D eigenvalue weighted by Gasteiger charge is 2.15. The van der Waals surface area contributed by atoms with Crippen LogP contribution in [0.15, 0.2) is 35.2 Å². The lowest BCUT2D eigenvalue weighted by molar-refractivity contribution is 0.178. The lowest BCUT2D eigenvalue weighted by atomic mass is 10.3. The van der Waals surface area contributed by atoms with E-state index in [2.05, 4.69) is 14.7 Å². The van der Waals surface area contributed by atoms with Crippen molar-refractivity contribution in [2.24, 2.45) is 0 Å². The van der Waals surface area contributed by atoms with Crippen LogP contribution >= 0.6 is 11.6 Å². The molecule has 0 saturated heterocycles. The van der Waals surface area contributed by atoms with Gasteiger partial charge < -0.3 is 10.5 Å². The summed E-state index contributed by atoms with van der Waals surface area (Å²) in [5.74, 6) is 0.346. The summed E-state index contributed by atoms with van der Waals surface area (Å²) >= 11 is 5.82. The molecule has 112 valence electrons. The number of nitrogens with zero attached hydrogens (tertiary/aromatic N) is 2. The molecule has 7 nitrogen and oxygen atoms in total. The standard InChI is InChI=1S/C12H13ClN4O3S/c1-20-7-12-15-10(13)6-11(16-12)17-21(18,19)9-4-2-8(14)3-5-9/h2-6H,7,14H2,1H3,(H,15,16,17). The Balaban J connectivity index is 2.30. The van der Waals surface area contributed by atoms with Crippen molar-refractivity contribution in [1.82, 2.24) is 9.97 Å². The molecule has 0 aliphatic rings. The predicted molar refractivity (Wildman–Crippen MR) is 79.4 cm³/mol. The maximum Gasteiger partial charge on any atom is 0.263 e. The van der Waals surface area contributed by atoms with Crippen LogP contribution in [0.5, 0.6) is 0 Å². The van der Waals surface area contributed by atoms with Gasteiger partial charge in [-0.05, 0) is 24.3 Å². The first-order valence-corrected chi connectivity index (χ1v) is 7.67. The minimum absolute atomic E-state index is 0.0684. The molecule has 0 atom stereocenters. The van der Waals surface area contributed by atoms with E-state index in [0.29, 0.717) is 5.69 Å². The Morgan fingerprint density at radius 2 is 1.95 bits per heavy atom. The third-order valence-electron chi connectivity index (χ3n) is 2.44. The minimum atomic E-state index is -3.77. The highest BCUT2D eigenvalue weighted by atomic mass is 35.5. The molecule has 9 heteroatoms. The molecule has 0 saturated carbocycles. The second kappa shape index (κ2) is 6.25. The molecular formula is C12H13ClN4O3S. The van der Waals surface area contributed by atoms with Crippen molar-refractivity contribution in [2.45, 2.75) is 11.5 Å². The van der Waals surface area contributed by atoms with E-state index in [1.807, 2.05) is 0 Å². The molecule has 0 bridgehead atoms. The molecule has 1 aromatic heterocycles. The van der Waals surface area contributed by atoms with Crippen LogP contribution in [0.2, 0.25) is 5.15 Å². The van der Waals surface area contributed by atoms with Gasteiger partial charge in [-0.25, -0.2) is 18.4 Å². The Hall–Kier alpha value is -1.90. The van der Waals surface area contributed by atoms with Gasteiger partial charge in [-0.2, -0.15) is 0 Å². The van der Waals surface area contributed by atoms with Crippen LogP contribution in [0.1, 0.15) is 5.82 Å². The van der Waals surface area contributed by atoms with Crippen LogP contribution in [-0.4, -0.2) is 25.5 Å². The number of anilines is 2. The number of methoxy groups -OCH3 is 1. The Morgan fingerprint density at radius 3 is 2.57 bits per heavy atom. The van der Waals surface area contributed by atoms with Crippen molar-refractivity contribution < 1.29 is 13.2 Å². The van der Waals surface area contributed by atoms with E-state index in [0.717, 1.165) is 0 Å². The topological polar surface area (TPSA) is 107 Å². The monoisotopic (exact) mass is 328 g/mol. The quantitative estimate of drug-likeness (QED) is 0.638. The number of nitrogens with two attached hydrogens (primary N) is 1. The molecule has 0 aliphatic heterocycles. The summed E-state index contributed by atoms with van der Waals surface area (Å²) in [5.41, 5.74) is 6.00. The van der Waals surface area contributed by atoms with E-state index >= 15 is 0 Å². The predicted octanol–water partition coefficient (Wildman–Crippen LogP) is 1.66. The van der Waals surface area contributed by atoms with Crippen LogP contribution in [-0.2, 0) is 21.4 Å². The van der Waals surface area contributed by atoms with E-state index in [9.17, 15) is 8.42 Å². The SMILES string of the molecule is COCc1nc(Cl)cc(NS(=O)(=O)c2ccc(N)cc2)n1. The molecule has 0 fully saturated rings. The fourth-order valence-electron chi connectivity index (χ4n) is 1.55. The number of ether oxygens (including phenoxy) is 1. The van der Waals surface area contributed by atoms with E-state index < -0.39 is 10.0 Å². The summed E-state index contributed by atoms with van der Waals surface area (Å²) in [6.07, 6.45) is 0. The molecule has 0 amide bonds. The first kappa shape index (κ1) is 15.5. The second-order valence-corrected chi connectivity index (χ2v) is 6.17. The van der Waals surface area contributed by atoms with Gasteiger partial charge in [-0.3, -0.25) is 4.72 Å². The number of aromatic nitrogens is 2. The van der Waals surface area contributed by atoms with Gasteiger partial charge in [0.05, 0.1) is 4.90 Å². The van der Waals surface area contributed by atoms with Crippen LogP contribution < -0.4 is 10.5 Å². The van der Waals surface area contributed by atoms with Gasteiger partial charge in [0.2, 0.25) is 0 Å². The number of halogens is 1. The molecule has 0 unspecified atom stereocenters. The van der Waals surface area contributed by atoms with Crippen LogP contribution in [0.4, 0.5) is 11.5 Å². The molecule has 1 aromatic carbocycles. The summed E-state index contributed by atoms with van der Waals surface area (Å²) in [5, 5.41) is 0.118. The number of benzene rings is 1. The van der Waals surface area contributed by atoms with Crippen molar-refractivity contribution in [1.29, 1.82) is 0 Å². The Kier molecular flexibility index (Phi) is 4.61. The maximum atomic E-state index is 12.2. The number of rotatable bonds is 5. The number of nitrogen functional groups attached to an aromatic ring is 1. The van der Waals surface area contributed by atoms with Gasteiger partial charge in [0.25, 0.3) is 10.0 Å². The fraction of sp³-hybridized carbons (Fsp3) is 0.167. The number of hydrogen-bond donors (Lipinski definition) is 2. The van der Waals surface area contributed by atoms with Gasteiger partial charge in [-0.1, -0.05) is 11.6 Å². The summed E-state index contributed by atoms with van der Waals surface area (Å²) < 4.78 is 31.6. The van der Waals surface area contributed by atoms with E-state index in [4.69, 9.17) is 22.1 Å². The molecule has 0 spiro atoms. The van der Waals surface area contributed by atoms with Crippen LogP contribution in [0.3, 0.4) is 0 Å². The minimum Gasteiger partial charge on any atom is -0.399 e. The molecule has 3 N–H and O–H groups in total. The third kappa shape index (κ3) is 4.03. The van der Waals surface area contributed by atoms with Gasteiger partial charge in [0.15, 0.2) is 5.82 Å². The number of hydrogen-bond acceptors (Lipinski definition) is 6. The largest absolute Gasteiger partial charge is 0.399 e. The normalized spacial score (nSPS) is 11.3. The van der Waals surface area contributed by atoms with Crippen molar-refractivity contribution in [3.8, 4) is 0 Å². The van der Waals surface area contributed by atoms with Gasteiger partial charge in [0.1, 0.15) is 17.6 Å². The Morgan fingerprint density at radius 1 is 1.29 bits per heavy atom. The van der Waals surface area contributed by atoms with Crippen LogP contribution in [0, 0.1) is 0 Å². The summed E-state index contributed by atoms with van der Waals surface area (Å²) in [6, 6.07) is 7.11. The molecular weight excluding hydrogens is 316 g/mol. The average Bonchev–Trinajstić information content (AvgIpc) is 2.38.